The van der Waals surface area contributed by atoms with E-state index < -0.39 is 26.7 Å². The molecule has 0 atom stereocenters. The van der Waals surface area contributed by atoms with Gasteiger partial charge >= 0.3 is 118 Å². The molecular formula is C8H9NNa4O7P2. The van der Waals surface area contributed by atoms with Crippen molar-refractivity contribution in [3.8, 4) is 0 Å². The van der Waals surface area contributed by atoms with Gasteiger partial charge in [-0.2, -0.15) is 0 Å². The largest absolute Gasteiger partial charge is 1.00 e. The van der Waals surface area contributed by atoms with Crippen molar-refractivity contribution in [2.75, 3.05) is 5.73 Å². The van der Waals surface area contributed by atoms with Crippen molar-refractivity contribution in [3.63, 3.8) is 0 Å². The molecule has 3 N–H and O–H groups in total. The summed E-state index contributed by atoms with van der Waals surface area (Å²) in [5.41, 5.74) is 5.63. The molecule has 0 aliphatic carbocycles. The van der Waals surface area contributed by atoms with Crippen molar-refractivity contribution in [1.82, 2.24) is 0 Å². The molecule has 0 heterocycles. The summed E-state index contributed by atoms with van der Waals surface area (Å²) in [6.07, 6.45) is -1.14. The first kappa shape index (κ1) is 32.9. The fraction of sp³-hybridized carbons (Fsp3) is 0.250. The third-order valence-electron chi connectivity index (χ3n) is 2.30. The van der Waals surface area contributed by atoms with E-state index in [1.165, 1.54) is 24.3 Å². The molecule has 22 heavy (non-hydrogen) atoms. The van der Waals surface area contributed by atoms with E-state index in [0.717, 1.165) is 0 Å². The Morgan fingerprint density at radius 1 is 0.909 bits per heavy atom. The van der Waals surface area contributed by atoms with Crippen molar-refractivity contribution in [3.05, 3.63) is 29.8 Å². The van der Waals surface area contributed by atoms with Crippen LogP contribution in [0.4, 0.5) is 5.69 Å². The van der Waals surface area contributed by atoms with Gasteiger partial charge in [-0.05, 0) is 32.9 Å². The van der Waals surface area contributed by atoms with Gasteiger partial charge < -0.3 is 39.5 Å². The van der Waals surface area contributed by atoms with E-state index in [2.05, 4.69) is 0 Å². The molecule has 8 nitrogen and oxygen atoms in total. The molecule has 1 rings (SSSR count). The quantitative estimate of drug-likeness (QED) is 0.292. The number of nitrogen functional groups attached to an aromatic ring is 1. The van der Waals surface area contributed by atoms with Gasteiger partial charge in [-0.1, -0.05) is 12.1 Å². The van der Waals surface area contributed by atoms with Gasteiger partial charge in [-0.15, -0.1) is 0 Å². The van der Waals surface area contributed by atoms with Crippen molar-refractivity contribution in [2.45, 2.75) is 11.5 Å². The van der Waals surface area contributed by atoms with E-state index in [9.17, 15) is 33.8 Å². The van der Waals surface area contributed by atoms with Gasteiger partial charge in [0.2, 0.25) is 0 Å². The fourth-order valence-electron chi connectivity index (χ4n) is 1.25. The van der Waals surface area contributed by atoms with Crippen LogP contribution in [0.2, 0.25) is 0 Å². The number of hydrogen-bond acceptors (Lipinski definition) is 8. The van der Waals surface area contributed by atoms with E-state index in [-0.39, 0.29) is 124 Å². The first-order valence-electron chi connectivity index (χ1n) is 4.58. The van der Waals surface area contributed by atoms with E-state index in [0.29, 0.717) is 5.69 Å². The zero-order valence-corrected chi connectivity index (χ0v) is 22.7. The van der Waals surface area contributed by atoms with Crippen molar-refractivity contribution < 1.29 is 152 Å². The van der Waals surface area contributed by atoms with Gasteiger partial charge in [-0.25, -0.2) is 0 Å². The Morgan fingerprint density at radius 3 is 1.50 bits per heavy atom. The summed E-state index contributed by atoms with van der Waals surface area (Å²) in [4.78, 5) is 43.2. The number of hydrogen-bond donors (Lipinski definition) is 2. The van der Waals surface area contributed by atoms with Gasteiger partial charge in [0, 0.05) is 12.1 Å². The fourth-order valence-corrected chi connectivity index (χ4v) is 3.21. The maximum atomic E-state index is 10.8. The number of nitrogens with two attached hydrogens (primary N) is 1. The molecule has 0 aliphatic rings. The third-order valence-corrected chi connectivity index (χ3v) is 5.84. The van der Waals surface area contributed by atoms with E-state index in [4.69, 9.17) is 5.73 Å². The summed E-state index contributed by atoms with van der Waals surface area (Å²) < 4.78 is 21.6. The molecule has 14 heteroatoms. The van der Waals surface area contributed by atoms with Crippen LogP contribution in [0.1, 0.15) is 5.56 Å². The average molecular weight is 385 g/mol. The predicted octanol–water partition coefficient (Wildman–Crippen LogP) is -14.7. The second-order valence-electron chi connectivity index (χ2n) is 3.69. The molecule has 1 aromatic rings. The normalized spacial score (nSPS) is 11.1. The number of rotatable bonds is 4. The summed E-state index contributed by atoms with van der Waals surface area (Å²) in [7, 11) is -12.1. The van der Waals surface area contributed by atoms with Crippen LogP contribution in [0.25, 0.3) is 0 Å². The molecule has 0 aliphatic heterocycles. The van der Waals surface area contributed by atoms with Crippen LogP contribution in [0.5, 0.6) is 0 Å². The molecule has 0 amide bonds. The van der Waals surface area contributed by atoms with Crippen molar-refractivity contribution in [2.24, 2.45) is 0 Å². The Bertz CT molecular complexity index is 510. The van der Waals surface area contributed by atoms with Gasteiger partial charge in [0.25, 0.3) is 0 Å². The summed E-state index contributed by atoms with van der Waals surface area (Å²) >= 11 is 0. The van der Waals surface area contributed by atoms with E-state index >= 15 is 0 Å². The maximum absolute atomic E-state index is 10.8. The minimum Gasteiger partial charge on any atom is -0.808 e. The summed E-state index contributed by atoms with van der Waals surface area (Å²) in [5.74, 6) is 0. The Balaban J connectivity index is -0.000000405. The molecule has 1 aromatic carbocycles. The molecular weight excluding hydrogens is 376 g/mol. The number of anilines is 1. The Labute approximate surface area is 216 Å². The number of benzene rings is 1. The minimum absolute atomic E-state index is 0. The molecule has 0 unspecified atom stereocenters. The summed E-state index contributed by atoms with van der Waals surface area (Å²) in [6.45, 7) is 0. The first-order valence-corrected chi connectivity index (χ1v) is 7.67. The second kappa shape index (κ2) is 12.6. The van der Waals surface area contributed by atoms with Gasteiger partial charge in [0.15, 0.2) is 0 Å². The minimum atomic E-state index is -6.05. The second-order valence-corrected chi connectivity index (χ2v) is 7.51. The smallest absolute Gasteiger partial charge is 0.808 e. The van der Waals surface area contributed by atoms with Crippen molar-refractivity contribution in [1.29, 1.82) is 0 Å². The Kier molecular flexibility index (Phi) is 18.9. The molecule has 0 bridgehead atoms. The van der Waals surface area contributed by atoms with Crippen LogP contribution < -0.4 is 144 Å². The molecule has 0 saturated carbocycles. The van der Waals surface area contributed by atoms with Crippen LogP contribution in [0.3, 0.4) is 0 Å². The number of aliphatic hydroxyl groups is 1. The first-order chi connectivity index (χ1) is 7.97. The molecule has 102 valence electrons. The predicted molar refractivity (Wildman–Crippen MR) is 54.7 cm³/mol. The SMILES string of the molecule is Nc1ccc(CC(O)(P(=O)([O-])[O-])P(=O)([O-])[O-])cc1.[Na+].[Na+].[Na+].[Na+]. The van der Waals surface area contributed by atoms with Gasteiger partial charge in [0.1, 0.15) is 5.08 Å². The van der Waals surface area contributed by atoms with Gasteiger partial charge in [-0.3, -0.25) is 0 Å². The van der Waals surface area contributed by atoms with E-state index in [1.807, 2.05) is 0 Å². The molecule has 0 spiro atoms. The zero-order chi connectivity index (χ0) is 14.2. The van der Waals surface area contributed by atoms with Crippen LogP contribution in [-0.2, 0) is 15.6 Å². The topological polar surface area (TPSA) is 173 Å². The standard InChI is InChI=1S/C8H13NO7P2.4Na/c9-7-3-1-6(2-4-7)5-8(10,17(11,12)13)18(14,15)16;;;;/h1-4,10H,5,9H2,(H2,11,12,13)(H2,14,15,16);;;;/q;4*+1/p-4. The van der Waals surface area contributed by atoms with Gasteiger partial charge in [0.05, 0.1) is 0 Å². The molecule has 0 fully saturated rings. The zero-order valence-electron chi connectivity index (χ0n) is 12.9. The third kappa shape index (κ3) is 8.78. The van der Waals surface area contributed by atoms with Crippen LogP contribution in [-0.4, -0.2) is 10.2 Å². The summed E-state index contributed by atoms with van der Waals surface area (Å²) in [6, 6.07) is 5.00. The Hall–Kier alpha value is 3.28. The Morgan fingerprint density at radius 2 is 1.23 bits per heavy atom. The molecule has 0 saturated heterocycles. The van der Waals surface area contributed by atoms with E-state index in [1.54, 1.807) is 0 Å². The van der Waals surface area contributed by atoms with Crippen LogP contribution in [0.15, 0.2) is 24.3 Å². The van der Waals surface area contributed by atoms with Crippen LogP contribution >= 0.6 is 15.2 Å². The monoisotopic (exact) mass is 385 g/mol. The van der Waals surface area contributed by atoms with Crippen molar-refractivity contribution >= 4 is 20.9 Å². The average Bonchev–Trinajstić information content (AvgIpc) is 2.18. The molecule has 0 radical (unpaired) electrons. The maximum Gasteiger partial charge on any atom is 1.00 e. The van der Waals surface area contributed by atoms with Crippen LogP contribution in [0, 0.1) is 0 Å². The summed E-state index contributed by atoms with van der Waals surface area (Å²) in [5, 5.41) is 5.52. The molecule has 0 aromatic heterocycles.